The maximum atomic E-state index is 9.47. The highest BCUT2D eigenvalue weighted by atomic mass is 16.3. The summed E-state index contributed by atoms with van der Waals surface area (Å²) in [6.07, 6.45) is 0.766. The number of phenols is 1. The highest BCUT2D eigenvalue weighted by Crippen LogP contribution is 2.25. The van der Waals surface area contributed by atoms with Gasteiger partial charge in [0.25, 0.3) is 0 Å². The van der Waals surface area contributed by atoms with Gasteiger partial charge in [0.15, 0.2) is 0 Å². The molecule has 0 aliphatic rings. The third kappa shape index (κ3) is 2.20. The van der Waals surface area contributed by atoms with Crippen LogP contribution in [0, 0.1) is 0 Å². The number of phenolic OH excluding ortho intramolecular Hbond substituents is 1. The molecule has 72 valence electrons. The Bertz CT molecular complexity index is 286. The Kier molecular flexibility index (Phi) is 3.28. The van der Waals surface area contributed by atoms with E-state index >= 15 is 0 Å². The fourth-order valence-electron chi connectivity index (χ4n) is 1.22. The van der Waals surface area contributed by atoms with Crippen molar-refractivity contribution in [1.82, 2.24) is 0 Å². The molecule has 13 heavy (non-hydrogen) atoms. The summed E-state index contributed by atoms with van der Waals surface area (Å²) in [5.74, 6) is 0.201. The van der Waals surface area contributed by atoms with Crippen LogP contribution in [-0.2, 0) is 6.61 Å². The van der Waals surface area contributed by atoms with E-state index in [1.54, 1.807) is 18.2 Å². The van der Waals surface area contributed by atoms with Gasteiger partial charge in [-0.25, -0.2) is 0 Å². The largest absolute Gasteiger partial charge is 0.508 e. The van der Waals surface area contributed by atoms with Gasteiger partial charge in [-0.1, -0.05) is 13.0 Å². The van der Waals surface area contributed by atoms with Gasteiger partial charge in [0, 0.05) is 11.6 Å². The molecule has 0 bridgehead atoms. The summed E-state index contributed by atoms with van der Waals surface area (Å²) in [5, 5.41) is 18.4. The van der Waals surface area contributed by atoms with Crippen molar-refractivity contribution in [2.75, 3.05) is 0 Å². The van der Waals surface area contributed by atoms with Gasteiger partial charge in [-0.2, -0.15) is 0 Å². The minimum atomic E-state index is -0.161. The first-order valence-electron chi connectivity index (χ1n) is 4.37. The predicted octanol–water partition coefficient (Wildman–Crippen LogP) is 1.29. The van der Waals surface area contributed by atoms with Gasteiger partial charge in [-0.05, 0) is 24.1 Å². The third-order valence-electron chi connectivity index (χ3n) is 2.11. The van der Waals surface area contributed by atoms with E-state index in [1.165, 1.54) is 0 Å². The van der Waals surface area contributed by atoms with E-state index in [1.807, 2.05) is 6.92 Å². The van der Waals surface area contributed by atoms with Crippen LogP contribution < -0.4 is 5.73 Å². The molecule has 0 aliphatic carbocycles. The van der Waals surface area contributed by atoms with E-state index in [2.05, 4.69) is 0 Å². The lowest BCUT2D eigenvalue weighted by atomic mass is 10.0. The molecule has 1 rings (SSSR count). The molecule has 0 saturated heterocycles. The zero-order chi connectivity index (χ0) is 9.84. The molecule has 0 spiro atoms. The standard InChI is InChI=1S/C10H15NO2/c1-2-9(11)8-5-7(6-12)3-4-10(8)13/h3-5,9,12-13H,2,6,11H2,1H3/t9-/m1/s1. The second kappa shape index (κ2) is 4.25. The van der Waals surface area contributed by atoms with Crippen molar-refractivity contribution in [2.45, 2.75) is 26.0 Å². The lowest BCUT2D eigenvalue weighted by Gasteiger charge is -2.12. The SMILES string of the molecule is CC[C@@H](N)c1cc(CO)ccc1O. The molecule has 0 saturated carbocycles. The topological polar surface area (TPSA) is 66.5 Å². The molecule has 0 radical (unpaired) electrons. The Morgan fingerprint density at radius 3 is 2.69 bits per heavy atom. The van der Waals surface area contributed by atoms with Crippen LogP contribution in [0.2, 0.25) is 0 Å². The van der Waals surface area contributed by atoms with Crippen molar-refractivity contribution >= 4 is 0 Å². The highest BCUT2D eigenvalue weighted by molar-refractivity contribution is 5.38. The maximum Gasteiger partial charge on any atom is 0.120 e. The number of nitrogens with two attached hydrogens (primary N) is 1. The molecular weight excluding hydrogens is 166 g/mol. The van der Waals surface area contributed by atoms with E-state index in [0.29, 0.717) is 5.56 Å². The van der Waals surface area contributed by atoms with Gasteiger partial charge in [0.1, 0.15) is 5.75 Å². The Morgan fingerprint density at radius 1 is 1.46 bits per heavy atom. The number of aliphatic hydroxyl groups is 1. The number of hydrogen-bond acceptors (Lipinski definition) is 3. The monoisotopic (exact) mass is 181 g/mol. The summed E-state index contributed by atoms with van der Waals surface area (Å²) < 4.78 is 0. The Hall–Kier alpha value is -1.06. The van der Waals surface area contributed by atoms with E-state index in [0.717, 1.165) is 12.0 Å². The van der Waals surface area contributed by atoms with Gasteiger partial charge in [-0.15, -0.1) is 0 Å². The predicted molar refractivity (Wildman–Crippen MR) is 51.2 cm³/mol. The normalized spacial score (nSPS) is 12.8. The first-order chi connectivity index (χ1) is 6.19. The highest BCUT2D eigenvalue weighted by Gasteiger charge is 2.08. The second-order valence-electron chi connectivity index (χ2n) is 3.07. The number of aliphatic hydroxyl groups excluding tert-OH is 1. The number of aromatic hydroxyl groups is 1. The van der Waals surface area contributed by atoms with E-state index in [9.17, 15) is 5.11 Å². The fraction of sp³-hybridized carbons (Fsp3) is 0.400. The van der Waals surface area contributed by atoms with Crippen LogP contribution in [-0.4, -0.2) is 10.2 Å². The second-order valence-corrected chi connectivity index (χ2v) is 3.07. The Labute approximate surface area is 77.8 Å². The molecule has 1 atom stereocenters. The molecule has 0 heterocycles. The van der Waals surface area contributed by atoms with Crippen LogP contribution >= 0.6 is 0 Å². The minimum absolute atomic E-state index is 0.0241. The third-order valence-corrected chi connectivity index (χ3v) is 2.11. The molecular formula is C10H15NO2. The maximum absolute atomic E-state index is 9.47. The molecule has 3 nitrogen and oxygen atoms in total. The lowest BCUT2D eigenvalue weighted by molar-refractivity contribution is 0.281. The lowest BCUT2D eigenvalue weighted by Crippen LogP contribution is -2.09. The first kappa shape index (κ1) is 10.0. The Balaban J connectivity index is 3.03. The van der Waals surface area contributed by atoms with Crippen LogP contribution in [0.5, 0.6) is 5.75 Å². The molecule has 3 heteroatoms. The average Bonchev–Trinajstić information content (AvgIpc) is 2.17. The number of rotatable bonds is 3. The van der Waals surface area contributed by atoms with Crippen LogP contribution in [0.3, 0.4) is 0 Å². The Morgan fingerprint density at radius 2 is 2.15 bits per heavy atom. The number of hydrogen-bond donors (Lipinski definition) is 3. The summed E-state index contributed by atoms with van der Waals surface area (Å²) in [6, 6.07) is 4.83. The first-order valence-corrected chi connectivity index (χ1v) is 4.37. The summed E-state index contributed by atoms with van der Waals surface area (Å²) in [4.78, 5) is 0. The van der Waals surface area contributed by atoms with Gasteiger partial charge in [-0.3, -0.25) is 0 Å². The van der Waals surface area contributed by atoms with Crippen molar-refractivity contribution < 1.29 is 10.2 Å². The molecule has 0 aromatic heterocycles. The van der Waals surface area contributed by atoms with E-state index in [-0.39, 0.29) is 18.4 Å². The van der Waals surface area contributed by atoms with Crippen molar-refractivity contribution in [1.29, 1.82) is 0 Å². The molecule has 0 fully saturated rings. The van der Waals surface area contributed by atoms with Gasteiger partial charge < -0.3 is 15.9 Å². The van der Waals surface area contributed by atoms with Crippen LogP contribution in [0.15, 0.2) is 18.2 Å². The molecule has 1 aromatic carbocycles. The molecule has 1 aromatic rings. The van der Waals surface area contributed by atoms with Gasteiger partial charge in [0.2, 0.25) is 0 Å². The van der Waals surface area contributed by atoms with E-state index < -0.39 is 0 Å². The summed E-state index contributed by atoms with van der Waals surface area (Å²) in [7, 11) is 0. The molecule has 0 aliphatic heterocycles. The molecule has 4 N–H and O–H groups in total. The quantitative estimate of drug-likeness (QED) is 0.658. The smallest absolute Gasteiger partial charge is 0.120 e. The van der Waals surface area contributed by atoms with Crippen LogP contribution in [0.1, 0.15) is 30.5 Å². The van der Waals surface area contributed by atoms with Crippen molar-refractivity contribution in [2.24, 2.45) is 5.73 Å². The number of benzene rings is 1. The fourth-order valence-corrected chi connectivity index (χ4v) is 1.22. The zero-order valence-electron chi connectivity index (χ0n) is 7.70. The summed E-state index contributed by atoms with van der Waals surface area (Å²) >= 11 is 0. The van der Waals surface area contributed by atoms with Crippen LogP contribution in [0.4, 0.5) is 0 Å². The van der Waals surface area contributed by atoms with Gasteiger partial charge in [0.05, 0.1) is 6.61 Å². The van der Waals surface area contributed by atoms with Gasteiger partial charge >= 0.3 is 0 Å². The minimum Gasteiger partial charge on any atom is -0.508 e. The van der Waals surface area contributed by atoms with Crippen molar-refractivity contribution in [3.05, 3.63) is 29.3 Å². The van der Waals surface area contributed by atoms with Crippen LogP contribution in [0.25, 0.3) is 0 Å². The zero-order valence-corrected chi connectivity index (χ0v) is 7.70. The molecule has 0 amide bonds. The average molecular weight is 181 g/mol. The van der Waals surface area contributed by atoms with Crippen molar-refractivity contribution in [3.63, 3.8) is 0 Å². The summed E-state index contributed by atoms with van der Waals surface area (Å²) in [5.41, 5.74) is 7.25. The van der Waals surface area contributed by atoms with Crippen molar-refractivity contribution in [3.8, 4) is 5.75 Å². The molecule has 0 unspecified atom stereocenters. The summed E-state index contributed by atoms with van der Waals surface area (Å²) in [6.45, 7) is 1.93. The van der Waals surface area contributed by atoms with E-state index in [4.69, 9.17) is 10.8 Å².